The van der Waals surface area contributed by atoms with Gasteiger partial charge in [0, 0.05) is 17.8 Å². The fourth-order valence-corrected chi connectivity index (χ4v) is 2.39. The van der Waals surface area contributed by atoms with Crippen LogP contribution in [-0.4, -0.2) is 12.5 Å². The molecule has 0 aliphatic rings. The Morgan fingerprint density at radius 3 is 2.43 bits per heavy atom. The van der Waals surface area contributed by atoms with Crippen LogP contribution in [0.25, 0.3) is 0 Å². The van der Waals surface area contributed by atoms with Crippen LogP contribution < -0.4 is 14.8 Å². The van der Waals surface area contributed by atoms with E-state index in [-0.39, 0.29) is 12.4 Å². The standard InChI is InChI=1S/C21H16F3NO3/c22-15-4-2-6-18(10-15)27-12-14-3-1-5-17(9-14)25-21(26)13-28-20-8-7-16(23)11-19(20)24/h1-11H,12-13H2,(H,25,26). The molecule has 0 radical (unpaired) electrons. The molecule has 0 bridgehead atoms. The van der Waals surface area contributed by atoms with E-state index in [0.717, 1.165) is 17.7 Å². The maximum absolute atomic E-state index is 13.5. The van der Waals surface area contributed by atoms with E-state index in [1.54, 1.807) is 36.4 Å². The number of ether oxygens (including phenoxy) is 2. The molecule has 0 fully saturated rings. The first kappa shape index (κ1) is 19.3. The van der Waals surface area contributed by atoms with Crippen molar-refractivity contribution in [2.24, 2.45) is 0 Å². The Morgan fingerprint density at radius 1 is 0.857 bits per heavy atom. The fourth-order valence-electron chi connectivity index (χ4n) is 2.39. The number of amides is 1. The molecule has 0 saturated carbocycles. The first-order chi connectivity index (χ1) is 13.5. The van der Waals surface area contributed by atoms with Gasteiger partial charge in [-0.1, -0.05) is 18.2 Å². The molecule has 7 heteroatoms. The summed E-state index contributed by atoms with van der Waals surface area (Å²) in [5.74, 6) is -2.34. The summed E-state index contributed by atoms with van der Waals surface area (Å²) in [6.07, 6.45) is 0. The summed E-state index contributed by atoms with van der Waals surface area (Å²) in [5.41, 5.74) is 1.25. The second kappa shape index (κ2) is 8.94. The molecule has 4 nitrogen and oxygen atoms in total. The lowest BCUT2D eigenvalue weighted by Gasteiger charge is -2.10. The van der Waals surface area contributed by atoms with E-state index >= 15 is 0 Å². The number of halogens is 3. The number of hydrogen-bond donors (Lipinski definition) is 1. The van der Waals surface area contributed by atoms with Crippen molar-refractivity contribution in [3.8, 4) is 11.5 Å². The maximum atomic E-state index is 13.5. The number of hydrogen-bond acceptors (Lipinski definition) is 3. The zero-order chi connectivity index (χ0) is 19.9. The van der Waals surface area contributed by atoms with Crippen molar-refractivity contribution in [1.82, 2.24) is 0 Å². The Labute approximate surface area is 159 Å². The van der Waals surface area contributed by atoms with Crippen LogP contribution in [0.5, 0.6) is 11.5 Å². The van der Waals surface area contributed by atoms with Crippen molar-refractivity contribution in [3.63, 3.8) is 0 Å². The molecule has 3 aromatic rings. The quantitative estimate of drug-likeness (QED) is 0.639. The molecule has 0 heterocycles. The van der Waals surface area contributed by atoms with Crippen molar-refractivity contribution >= 4 is 11.6 Å². The third-order valence-corrected chi connectivity index (χ3v) is 3.67. The molecule has 0 spiro atoms. The molecular formula is C21H16F3NO3. The Kier molecular flexibility index (Phi) is 6.16. The van der Waals surface area contributed by atoms with E-state index in [0.29, 0.717) is 17.5 Å². The van der Waals surface area contributed by atoms with Gasteiger partial charge in [-0.25, -0.2) is 13.2 Å². The monoisotopic (exact) mass is 387 g/mol. The van der Waals surface area contributed by atoms with Crippen LogP contribution in [0, 0.1) is 17.5 Å². The van der Waals surface area contributed by atoms with Crippen LogP contribution in [-0.2, 0) is 11.4 Å². The van der Waals surface area contributed by atoms with Gasteiger partial charge in [-0.05, 0) is 42.0 Å². The van der Waals surface area contributed by atoms with Gasteiger partial charge in [0.1, 0.15) is 24.0 Å². The molecule has 28 heavy (non-hydrogen) atoms. The van der Waals surface area contributed by atoms with Crippen LogP contribution in [0.3, 0.4) is 0 Å². The number of carbonyl (C=O) groups excluding carboxylic acids is 1. The zero-order valence-corrected chi connectivity index (χ0v) is 14.6. The number of benzene rings is 3. The maximum Gasteiger partial charge on any atom is 0.262 e. The van der Waals surface area contributed by atoms with E-state index in [1.807, 2.05) is 0 Å². The summed E-state index contributed by atoms with van der Waals surface area (Å²) < 4.78 is 50.1. The average molecular weight is 387 g/mol. The van der Waals surface area contributed by atoms with Gasteiger partial charge in [-0.15, -0.1) is 0 Å². The van der Waals surface area contributed by atoms with Gasteiger partial charge in [0.05, 0.1) is 0 Å². The van der Waals surface area contributed by atoms with Crippen molar-refractivity contribution in [2.75, 3.05) is 11.9 Å². The van der Waals surface area contributed by atoms with Gasteiger partial charge in [0.25, 0.3) is 5.91 Å². The number of rotatable bonds is 7. The molecule has 0 aromatic heterocycles. The van der Waals surface area contributed by atoms with Gasteiger partial charge >= 0.3 is 0 Å². The first-order valence-corrected chi connectivity index (χ1v) is 8.34. The molecule has 144 valence electrons. The number of anilines is 1. The lowest BCUT2D eigenvalue weighted by molar-refractivity contribution is -0.118. The van der Waals surface area contributed by atoms with Gasteiger partial charge in [0.2, 0.25) is 0 Å². The van der Waals surface area contributed by atoms with Crippen molar-refractivity contribution in [3.05, 3.63) is 89.7 Å². The lowest BCUT2D eigenvalue weighted by Crippen LogP contribution is -2.20. The topological polar surface area (TPSA) is 47.6 Å². The summed E-state index contributed by atoms with van der Waals surface area (Å²) >= 11 is 0. The normalized spacial score (nSPS) is 10.4. The largest absolute Gasteiger partial charge is 0.489 e. The molecule has 0 atom stereocenters. The van der Waals surface area contributed by atoms with E-state index in [9.17, 15) is 18.0 Å². The molecule has 1 N–H and O–H groups in total. The third kappa shape index (κ3) is 5.51. The highest BCUT2D eigenvalue weighted by Crippen LogP contribution is 2.18. The smallest absolute Gasteiger partial charge is 0.262 e. The molecular weight excluding hydrogens is 371 g/mol. The zero-order valence-electron chi connectivity index (χ0n) is 14.6. The van der Waals surface area contributed by atoms with Crippen molar-refractivity contribution < 1.29 is 27.4 Å². The van der Waals surface area contributed by atoms with E-state index in [4.69, 9.17) is 9.47 Å². The Balaban J connectivity index is 1.54. The van der Waals surface area contributed by atoms with Crippen LogP contribution in [0.4, 0.5) is 18.9 Å². The molecule has 0 aliphatic heterocycles. The SMILES string of the molecule is O=C(COc1ccc(F)cc1F)Nc1cccc(COc2cccc(F)c2)c1. The van der Waals surface area contributed by atoms with Crippen molar-refractivity contribution in [2.45, 2.75) is 6.61 Å². The van der Waals surface area contributed by atoms with E-state index in [2.05, 4.69) is 5.32 Å². The minimum atomic E-state index is -0.885. The highest BCUT2D eigenvalue weighted by Gasteiger charge is 2.09. The van der Waals surface area contributed by atoms with Crippen LogP contribution in [0.1, 0.15) is 5.56 Å². The van der Waals surface area contributed by atoms with Crippen LogP contribution in [0.2, 0.25) is 0 Å². The Hall–Kier alpha value is -3.48. The number of carbonyl (C=O) groups is 1. The van der Waals surface area contributed by atoms with E-state index < -0.39 is 30.0 Å². The van der Waals surface area contributed by atoms with Crippen LogP contribution in [0.15, 0.2) is 66.7 Å². The average Bonchev–Trinajstić information content (AvgIpc) is 2.66. The van der Waals surface area contributed by atoms with Gasteiger partial charge in [-0.3, -0.25) is 4.79 Å². The summed E-state index contributed by atoms with van der Waals surface area (Å²) in [5, 5.41) is 2.61. The van der Waals surface area contributed by atoms with Gasteiger partial charge in [-0.2, -0.15) is 0 Å². The second-order valence-electron chi connectivity index (χ2n) is 5.86. The molecule has 0 unspecified atom stereocenters. The molecule has 3 rings (SSSR count). The lowest BCUT2D eigenvalue weighted by atomic mass is 10.2. The minimum Gasteiger partial charge on any atom is -0.489 e. The summed E-state index contributed by atoms with van der Waals surface area (Å²) in [7, 11) is 0. The van der Waals surface area contributed by atoms with Gasteiger partial charge in [0.15, 0.2) is 18.2 Å². The summed E-state index contributed by atoms with van der Waals surface area (Å²) in [4.78, 5) is 12.0. The highest BCUT2D eigenvalue weighted by atomic mass is 19.1. The number of nitrogens with one attached hydrogen (secondary N) is 1. The fraction of sp³-hybridized carbons (Fsp3) is 0.0952. The van der Waals surface area contributed by atoms with Crippen LogP contribution >= 0.6 is 0 Å². The summed E-state index contributed by atoms with van der Waals surface area (Å²) in [6, 6.07) is 15.5. The third-order valence-electron chi connectivity index (χ3n) is 3.67. The van der Waals surface area contributed by atoms with E-state index in [1.165, 1.54) is 12.1 Å². The Bertz CT molecular complexity index is 979. The minimum absolute atomic E-state index is 0.185. The molecule has 0 saturated heterocycles. The Morgan fingerprint density at radius 2 is 1.64 bits per heavy atom. The first-order valence-electron chi connectivity index (χ1n) is 8.34. The molecule has 1 amide bonds. The highest BCUT2D eigenvalue weighted by molar-refractivity contribution is 5.91. The summed E-state index contributed by atoms with van der Waals surface area (Å²) in [6.45, 7) is -0.253. The predicted octanol–water partition coefficient (Wildman–Crippen LogP) is 4.70. The van der Waals surface area contributed by atoms with Crippen molar-refractivity contribution in [1.29, 1.82) is 0 Å². The predicted molar refractivity (Wildman–Crippen MR) is 97.7 cm³/mol. The van der Waals surface area contributed by atoms with Gasteiger partial charge < -0.3 is 14.8 Å². The second-order valence-corrected chi connectivity index (χ2v) is 5.86. The molecule has 0 aliphatic carbocycles. The molecule has 3 aromatic carbocycles.